The molecule has 0 radical (unpaired) electrons. The van der Waals surface area contributed by atoms with E-state index in [-0.39, 0.29) is 17.0 Å². The Morgan fingerprint density at radius 1 is 0.767 bits per heavy atom. The number of hydrogen-bond acceptors (Lipinski definition) is 5. The zero-order chi connectivity index (χ0) is 20.7. The van der Waals surface area contributed by atoms with Gasteiger partial charge >= 0.3 is 0 Å². The molecule has 5 aromatic rings. The van der Waals surface area contributed by atoms with Crippen molar-refractivity contribution >= 4 is 49.9 Å². The predicted molar refractivity (Wildman–Crippen MR) is 118 cm³/mol. The number of carbonyl (C=O) groups is 1. The van der Waals surface area contributed by atoms with Crippen LogP contribution in [-0.2, 0) is 0 Å². The van der Waals surface area contributed by atoms with Crippen molar-refractivity contribution in [2.24, 2.45) is 16.0 Å². The quantitative estimate of drug-likeness (QED) is 0.301. The second-order valence-electron chi connectivity index (χ2n) is 6.90. The number of fused-ring (bicyclic) bond motifs is 3. The number of benzene rings is 4. The third kappa shape index (κ3) is 2.82. The highest BCUT2D eigenvalue weighted by Gasteiger charge is 2.16. The number of azo groups is 1. The summed E-state index contributed by atoms with van der Waals surface area (Å²) in [5.74, 6) is -1.01. The second kappa shape index (κ2) is 6.93. The molecule has 4 aromatic carbocycles. The van der Waals surface area contributed by atoms with Crippen LogP contribution < -0.4 is 5.73 Å². The summed E-state index contributed by atoms with van der Waals surface area (Å²) in [4.78, 5) is 16.5. The van der Waals surface area contributed by atoms with Crippen LogP contribution >= 0.6 is 0 Å². The lowest BCUT2D eigenvalue weighted by Gasteiger charge is -2.09. The lowest BCUT2D eigenvalue weighted by Crippen LogP contribution is -2.11. The highest BCUT2D eigenvalue weighted by molar-refractivity contribution is 6.07. The molecule has 0 aliphatic rings. The average Bonchev–Trinajstić information content (AvgIpc) is 2.77. The second-order valence-corrected chi connectivity index (χ2v) is 6.90. The lowest BCUT2D eigenvalue weighted by atomic mass is 10.0. The van der Waals surface area contributed by atoms with E-state index in [0.29, 0.717) is 11.1 Å². The first kappa shape index (κ1) is 17.8. The maximum absolute atomic E-state index is 11.8. The van der Waals surface area contributed by atoms with E-state index < -0.39 is 5.91 Å². The third-order valence-electron chi connectivity index (χ3n) is 5.07. The van der Waals surface area contributed by atoms with E-state index in [9.17, 15) is 9.90 Å². The minimum atomic E-state index is -0.727. The smallest absolute Gasteiger partial charge is 0.252 e. The normalized spacial score (nSPS) is 11.6. The third-order valence-corrected chi connectivity index (χ3v) is 5.07. The van der Waals surface area contributed by atoms with E-state index in [1.807, 2.05) is 72.8 Å². The highest BCUT2D eigenvalue weighted by atomic mass is 16.3. The Bertz CT molecular complexity index is 1440. The molecular formula is C24H16N4O2. The summed E-state index contributed by atoms with van der Waals surface area (Å²) < 4.78 is 0. The summed E-state index contributed by atoms with van der Waals surface area (Å²) in [5, 5.41) is 22.7. The van der Waals surface area contributed by atoms with Crippen LogP contribution in [0.3, 0.4) is 0 Å². The SMILES string of the molecule is NC(=O)c1cc2ccccc2c(/N=N/c2c3ccccc3nc3ccccc23)c1O. The molecule has 0 atom stereocenters. The summed E-state index contributed by atoms with van der Waals surface area (Å²) >= 11 is 0. The molecule has 1 aromatic heterocycles. The van der Waals surface area contributed by atoms with Crippen molar-refractivity contribution in [3.8, 4) is 5.75 Å². The maximum atomic E-state index is 11.8. The fourth-order valence-corrected chi connectivity index (χ4v) is 3.63. The molecule has 30 heavy (non-hydrogen) atoms. The number of carbonyl (C=O) groups excluding carboxylic acids is 1. The minimum absolute atomic E-state index is 0.00657. The Balaban J connectivity index is 1.81. The van der Waals surface area contributed by atoms with Crippen LogP contribution in [0.25, 0.3) is 32.6 Å². The fourth-order valence-electron chi connectivity index (χ4n) is 3.63. The molecule has 0 fully saturated rings. The van der Waals surface area contributed by atoms with Crippen LogP contribution in [0.2, 0.25) is 0 Å². The number of rotatable bonds is 3. The van der Waals surface area contributed by atoms with Gasteiger partial charge in [-0.3, -0.25) is 4.79 Å². The first-order chi connectivity index (χ1) is 14.6. The van der Waals surface area contributed by atoms with Crippen molar-refractivity contribution in [1.29, 1.82) is 0 Å². The van der Waals surface area contributed by atoms with E-state index in [2.05, 4.69) is 15.2 Å². The number of aromatic nitrogens is 1. The zero-order valence-corrected chi connectivity index (χ0v) is 15.8. The van der Waals surface area contributed by atoms with Crippen LogP contribution in [0.15, 0.2) is 89.1 Å². The number of pyridine rings is 1. The number of nitrogens with zero attached hydrogens (tertiary/aromatic N) is 3. The van der Waals surface area contributed by atoms with Crippen molar-refractivity contribution in [2.45, 2.75) is 0 Å². The van der Waals surface area contributed by atoms with Gasteiger partial charge in [0.05, 0.1) is 16.6 Å². The lowest BCUT2D eigenvalue weighted by molar-refractivity contribution is 0.0998. The predicted octanol–water partition coefficient (Wildman–Crippen LogP) is 5.76. The van der Waals surface area contributed by atoms with E-state index in [1.54, 1.807) is 6.07 Å². The molecule has 144 valence electrons. The summed E-state index contributed by atoms with van der Waals surface area (Å²) in [6.45, 7) is 0. The van der Waals surface area contributed by atoms with Crippen molar-refractivity contribution in [3.05, 3.63) is 84.4 Å². The topological polar surface area (TPSA) is 101 Å². The van der Waals surface area contributed by atoms with Gasteiger partial charge in [0.25, 0.3) is 5.91 Å². The Labute approximate surface area is 171 Å². The van der Waals surface area contributed by atoms with Crippen LogP contribution in [0.5, 0.6) is 5.75 Å². The fraction of sp³-hybridized carbons (Fsp3) is 0. The van der Waals surface area contributed by atoms with E-state index >= 15 is 0 Å². The summed E-state index contributed by atoms with van der Waals surface area (Å²) in [7, 11) is 0. The van der Waals surface area contributed by atoms with Crippen molar-refractivity contribution in [3.63, 3.8) is 0 Å². The monoisotopic (exact) mass is 392 g/mol. The van der Waals surface area contributed by atoms with Crippen molar-refractivity contribution < 1.29 is 9.90 Å². The molecule has 0 bridgehead atoms. The number of hydrogen-bond donors (Lipinski definition) is 2. The summed E-state index contributed by atoms with van der Waals surface area (Å²) in [6.07, 6.45) is 0. The first-order valence-electron chi connectivity index (χ1n) is 9.37. The molecule has 0 unspecified atom stereocenters. The van der Waals surface area contributed by atoms with E-state index in [0.717, 1.165) is 27.2 Å². The number of nitrogens with two attached hydrogens (primary N) is 1. The standard InChI is InChI=1S/C24H16N4O2/c25-24(30)18-13-14-7-1-2-8-15(14)22(23(18)29)28-27-21-16-9-3-5-11-19(16)26-20-12-6-4-10-17(20)21/h1-13,29H,(H2,25,30)/b28-27+. The van der Waals surface area contributed by atoms with Gasteiger partial charge in [0.1, 0.15) is 11.4 Å². The van der Waals surface area contributed by atoms with Gasteiger partial charge in [-0.25, -0.2) is 4.98 Å². The first-order valence-corrected chi connectivity index (χ1v) is 9.37. The number of aromatic hydroxyl groups is 1. The zero-order valence-electron chi connectivity index (χ0n) is 15.8. The Morgan fingerprint density at radius 3 is 1.93 bits per heavy atom. The van der Waals surface area contributed by atoms with Gasteiger partial charge in [-0.15, -0.1) is 10.2 Å². The van der Waals surface area contributed by atoms with Gasteiger partial charge < -0.3 is 10.8 Å². The Morgan fingerprint density at radius 2 is 1.30 bits per heavy atom. The molecule has 0 saturated heterocycles. The maximum Gasteiger partial charge on any atom is 0.252 e. The molecular weight excluding hydrogens is 376 g/mol. The van der Waals surface area contributed by atoms with Crippen LogP contribution in [-0.4, -0.2) is 16.0 Å². The Kier molecular flexibility index (Phi) is 4.10. The molecule has 3 N–H and O–H groups in total. The van der Waals surface area contributed by atoms with Crippen LogP contribution in [0.1, 0.15) is 10.4 Å². The number of amides is 1. The van der Waals surface area contributed by atoms with Gasteiger partial charge in [-0.2, -0.15) is 0 Å². The van der Waals surface area contributed by atoms with Crippen LogP contribution in [0.4, 0.5) is 11.4 Å². The van der Waals surface area contributed by atoms with Crippen molar-refractivity contribution in [1.82, 2.24) is 4.98 Å². The number of para-hydroxylation sites is 2. The van der Waals surface area contributed by atoms with Gasteiger partial charge in [0.2, 0.25) is 0 Å². The van der Waals surface area contributed by atoms with Gasteiger partial charge in [0, 0.05) is 16.2 Å². The van der Waals surface area contributed by atoms with Gasteiger partial charge in [-0.05, 0) is 23.6 Å². The van der Waals surface area contributed by atoms with Crippen LogP contribution in [0, 0.1) is 0 Å². The molecule has 0 saturated carbocycles. The number of phenols is 1. The average molecular weight is 392 g/mol. The molecule has 0 aliphatic carbocycles. The van der Waals surface area contributed by atoms with Crippen molar-refractivity contribution in [2.75, 3.05) is 0 Å². The minimum Gasteiger partial charge on any atom is -0.505 e. The van der Waals surface area contributed by atoms with Gasteiger partial charge in [0.15, 0.2) is 5.75 Å². The number of primary amides is 1. The molecule has 1 heterocycles. The summed E-state index contributed by atoms with van der Waals surface area (Å²) in [6, 6.07) is 24.2. The molecule has 0 spiro atoms. The molecule has 0 aliphatic heterocycles. The largest absolute Gasteiger partial charge is 0.505 e. The molecule has 1 amide bonds. The highest BCUT2D eigenvalue weighted by Crippen LogP contribution is 2.40. The molecule has 5 rings (SSSR count). The molecule has 6 nitrogen and oxygen atoms in total. The summed E-state index contributed by atoms with van der Waals surface area (Å²) in [5.41, 5.74) is 7.89. The van der Waals surface area contributed by atoms with E-state index in [1.165, 1.54) is 0 Å². The van der Waals surface area contributed by atoms with Gasteiger partial charge in [-0.1, -0.05) is 60.7 Å². The van der Waals surface area contributed by atoms with E-state index in [4.69, 9.17) is 5.73 Å². The molecule has 6 heteroatoms. The Hall–Kier alpha value is -4.32.